The molecule has 0 radical (unpaired) electrons. The molecule has 1 aromatic carbocycles. The number of nitrogens with two attached hydrogens (primary N) is 1. The van der Waals surface area contributed by atoms with Crippen LogP contribution in [0.1, 0.15) is 18.4 Å². The zero-order valence-electron chi connectivity index (χ0n) is 9.01. The molecule has 0 unspecified atom stereocenters. The SMILES string of the molecule is NC(=NCc1c(F)cc(Br)cc1F)NC1CC1. The monoisotopic (exact) mass is 303 g/mol. The van der Waals surface area contributed by atoms with Gasteiger partial charge in [-0.1, -0.05) is 15.9 Å². The predicted molar refractivity (Wildman–Crippen MR) is 65.5 cm³/mol. The van der Waals surface area contributed by atoms with Gasteiger partial charge in [-0.15, -0.1) is 0 Å². The minimum Gasteiger partial charge on any atom is -0.370 e. The fourth-order valence-corrected chi connectivity index (χ4v) is 1.77. The van der Waals surface area contributed by atoms with Crippen LogP contribution in [0.2, 0.25) is 0 Å². The Kier molecular flexibility index (Phi) is 3.61. The molecule has 0 atom stereocenters. The molecule has 1 aliphatic rings. The molecule has 0 heterocycles. The summed E-state index contributed by atoms with van der Waals surface area (Å²) in [4.78, 5) is 3.91. The third-order valence-corrected chi connectivity index (χ3v) is 2.90. The maximum atomic E-state index is 13.4. The van der Waals surface area contributed by atoms with E-state index in [-0.39, 0.29) is 18.1 Å². The van der Waals surface area contributed by atoms with Crippen molar-refractivity contribution in [1.29, 1.82) is 0 Å². The van der Waals surface area contributed by atoms with Crippen LogP contribution in [-0.2, 0) is 6.54 Å². The van der Waals surface area contributed by atoms with E-state index in [4.69, 9.17) is 5.73 Å². The van der Waals surface area contributed by atoms with Gasteiger partial charge in [-0.05, 0) is 25.0 Å². The fraction of sp³-hybridized carbons (Fsp3) is 0.364. The van der Waals surface area contributed by atoms with Crippen LogP contribution in [0.3, 0.4) is 0 Å². The third kappa shape index (κ3) is 3.39. The van der Waals surface area contributed by atoms with Gasteiger partial charge in [-0.2, -0.15) is 0 Å². The molecule has 0 saturated heterocycles. The number of hydrogen-bond donors (Lipinski definition) is 2. The van der Waals surface area contributed by atoms with Crippen LogP contribution in [0.5, 0.6) is 0 Å². The second-order valence-corrected chi connectivity index (χ2v) is 4.88. The van der Waals surface area contributed by atoms with Crippen LogP contribution in [0.15, 0.2) is 21.6 Å². The van der Waals surface area contributed by atoms with E-state index < -0.39 is 11.6 Å². The van der Waals surface area contributed by atoms with E-state index in [1.54, 1.807) is 0 Å². The Bertz CT molecular complexity index is 435. The van der Waals surface area contributed by atoms with E-state index >= 15 is 0 Å². The highest BCUT2D eigenvalue weighted by Gasteiger charge is 2.21. The first kappa shape index (κ1) is 12.3. The van der Waals surface area contributed by atoms with Crippen molar-refractivity contribution in [3.63, 3.8) is 0 Å². The van der Waals surface area contributed by atoms with Gasteiger partial charge in [0, 0.05) is 16.1 Å². The lowest BCUT2D eigenvalue weighted by Gasteiger charge is -2.05. The summed E-state index contributed by atoms with van der Waals surface area (Å²) in [6, 6.07) is 2.79. The molecule has 2 rings (SSSR count). The molecular weight excluding hydrogens is 292 g/mol. The fourth-order valence-electron chi connectivity index (χ4n) is 1.37. The van der Waals surface area contributed by atoms with E-state index in [2.05, 4.69) is 26.2 Å². The predicted octanol–water partition coefficient (Wildman–Crippen LogP) is 2.29. The number of nitrogens with one attached hydrogen (secondary N) is 1. The summed E-state index contributed by atoms with van der Waals surface area (Å²) in [7, 11) is 0. The first-order valence-corrected chi connectivity index (χ1v) is 6.05. The molecule has 17 heavy (non-hydrogen) atoms. The van der Waals surface area contributed by atoms with E-state index in [1.165, 1.54) is 12.1 Å². The van der Waals surface area contributed by atoms with Gasteiger partial charge in [0.2, 0.25) is 0 Å². The molecule has 0 amide bonds. The molecule has 6 heteroatoms. The highest BCUT2D eigenvalue weighted by atomic mass is 79.9. The normalized spacial score (nSPS) is 16.1. The average molecular weight is 304 g/mol. The smallest absolute Gasteiger partial charge is 0.189 e. The number of aliphatic imine (C=N–C) groups is 1. The molecule has 0 aromatic heterocycles. The van der Waals surface area contributed by atoms with Gasteiger partial charge in [0.05, 0.1) is 6.54 Å². The Morgan fingerprint density at radius 2 is 2.00 bits per heavy atom. The van der Waals surface area contributed by atoms with Gasteiger partial charge in [0.25, 0.3) is 0 Å². The van der Waals surface area contributed by atoms with Crippen LogP contribution in [0.4, 0.5) is 8.78 Å². The van der Waals surface area contributed by atoms with Gasteiger partial charge in [0.1, 0.15) is 11.6 Å². The summed E-state index contributed by atoms with van der Waals surface area (Å²) < 4.78 is 27.2. The first-order valence-electron chi connectivity index (χ1n) is 5.26. The lowest BCUT2D eigenvalue weighted by atomic mass is 10.2. The van der Waals surface area contributed by atoms with Gasteiger partial charge in [-0.25, -0.2) is 13.8 Å². The highest BCUT2D eigenvalue weighted by molar-refractivity contribution is 9.10. The number of rotatable bonds is 3. The maximum absolute atomic E-state index is 13.4. The molecule has 0 spiro atoms. The number of benzene rings is 1. The van der Waals surface area contributed by atoms with Gasteiger partial charge in [0.15, 0.2) is 5.96 Å². The summed E-state index contributed by atoms with van der Waals surface area (Å²) in [5, 5.41) is 2.95. The van der Waals surface area contributed by atoms with Gasteiger partial charge >= 0.3 is 0 Å². The van der Waals surface area contributed by atoms with Crippen LogP contribution in [-0.4, -0.2) is 12.0 Å². The van der Waals surface area contributed by atoms with Gasteiger partial charge < -0.3 is 11.1 Å². The molecule has 1 aromatic rings. The minimum atomic E-state index is -0.625. The summed E-state index contributed by atoms with van der Waals surface area (Å²) in [6.45, 7) is -0.101. The largest absolute Gasteiger partial charge is 0.370 e. The number of guanidine groups is 1. The molecule has 3 N–H and O–H groups in total. The lowest BCUT2D eigenvalue weighted by molar-refractivity contribution is 0.555. The van der Waals surface area contributed by atoms with Crippen molar-refractivity contribution >= 4 is 21.9 Å². The summed E-state index contributed by atoms with van der Waals surface area (Å²) in [6.07, 6.45) is 2.13. The molecular formula is C11H12BrF2N3. The quantitative estimate of drug-likeness (QED) is 0.665. The van der Waals surface area contributed by atoms with Crippen molar-refractivity contribution in [2.75, 3.05) is 0 Å². The number of hydrogen-bond acceptors (Lipinski definition) is 1. The van der Waals surface area contributed by atoms with Crippen molar-refractivity contribution in [3.05, 3.63) is 33.8 Å². The minimum absolute atomic E-state index is 0.0752. The van der Waals surface area contributed by atoms with E-state index in [9.17, 15) is 8.78 Å². The summed E-state index contributed by atoms with van der Waals surface area (Å²) in [5.74, 6) is -1.02. The highest BCUT2D eigenvalue weighted by Crippen LogP contribution is 2.20. The first-order chi connectivity index (χ1) is 8.06. The topological polar surface area (TPSA) is 50.4 Å². The molecule has 1 saturated carbocycles. The van der Waals surface area contributed by atoms with Crippen LogP contribution in [0, 0.1) is 11.6 Å². The second kappa shape index (κ2) is 5.00. The lowest BCUT2D eigenvalue weighted by Crippen LogP contribution is -2.33. The summed E-state index contributed by atoms with van der Waals surface area (Å²) >= 11 is 3.02. The Morgan fingerprint density at radius 1 is 1.41 bits per heavy atom. The Hall–Kier alpha value is -1.17. The van der Waals surface area contributed by atoms with E-state index in [0.29, 0.717) is 10.5 Å². The standard InChI is InChI=1S/C11H12BrF2N3/c12-6-3-9(13)8(10(14)4-6)5-16-11(15)17-7-1-2-7/h3-4,7H,1-2,5H2,(H3,15,16,17). The van der Waals surface area contributed by atoms with Crippen molar-refractivity contribution in [1.82, 2.24) is 5.32 Å². The molecule has 92 valence electrons. The van der Waals surface area contributed by atoms with Crippen molar-refractivity contribution in [2.45, 2.75) is 25.4 Å². The number of nitrogens with zero attached hydrogens (tertiary/aromatic N) is 1. The van der Waals surface area contributed by atoms with Crippen molar-refractivity contribution < 1.29 is 8.78 Å². The Labute approximate surface area is 106 Å². The molecule has 0 bridgehead atoms. The Morgan fingerprint density at radius 3 is 2.53 bits per heavy atom. The maximum Gasteiger partial charge on any atom is 0.189 e. The molecule has 3 nitrogen and oxygen atoms in total. The van der Waals surface area contributed by atoms with E-state index in [1.807, 2.05) is 0 Å². The molecule has 1 fully saturated rings. The van der Waals surface area contributed by atoms with Crippen molar-refractivity contribution in [3.8, 4) is 0 Å². The number of halogens is 3. The second-order valence-electron chi connectivity index (χ2n) is 3.97. The average Bonchev–Trinajstić information content (AvgIpc) is 2.99. The van der Waals surface area contributed by atoms with Gasteiger partial charge in [-0.3, -0.25) is 0 Å². The molecule has 1 aliphatic carbocycles. The van der Waals surface area contributed by atoms with Crippen molar-refractivity contribution in [2.24, 2.45) is 10.7 Å². The third-order valence-electron chi connectivity index (χ3n) is 2.44. The zero-order chi connectivity index (χ0) is 12.4. The van der Waals surface area contributed by atoms with Crippen LogP contribution < -0.4 is 11.1 Å². The van der Waals surface area contributed by atoms with E-state index in [0.717, 1.165) is 12.8 Å². The van der Waals surface area contributed by atoms with Crippen LogP contribution in [0.25, 0.3) is 0 Å². The molecule has 0 aliphatic heterocycles. The van der Waals surface area contributed by atoms with Crippen LogP contribution >= 0.6 is 15.9 Å². The zero-order valence-corrected chi connectivity index (χ0v) is 10.6. The summed E-state index contributed by atoms with van der Waals surface area (Å²) in [5.41, 5.74) is 5.50. The Balaban J connectivity index is 2.07.